The number of phenolic OH excluding ortho intramolecular Hbond substituents is 1. The molecule has 0 aliphatic carbocycles. The molecule has 6 nitrogen and oxygen atoms in total. The van der Waals surface area contributed by atoms with E-state index in [0.717, 1.165) is 31.2 Å². The van der Waals surface area contributed by atoms with E-state index in [4.69, 9.17) is 14.9 Å². The molecule has 1 amide bonds. The average molecular weight is 394 g/mol. The molecular formula is C23H26N2O4. The number of nitrogens with zero attached hydrogens (tertiary/aromatic N) is 1. The van der Waals surface area contributed by atoms with E-state index < -0.39 is 5.91 Å². The molecule has 0 radical (unpaired) electrons. The summed E-state index contributed by atoms with van der Waals surface area (Å²) in [6.07, 6.45) is 5.21. The second kappa shape index (κ2) is 9.28. The molecular weight excluding hydrogens is 368 g/mol. The molecule has 6 heteroatoms. The molecule has 0 aliphatic heterocycles. The zero-order valence-corrected chi connectivity index (χ0v) is 16.8. The van der Waals surface area contributed by atoms with Gasteiger partial charge in [-0.3, -0.25) is 4.79 Å². The first-order chi connectivity index (χ1) is 14.0. The smallest absolute Gasteiger partial charge is 0.254 e. The molecule has 0 fully saturated rings. The van der Waals surface area contributed by atoms with Crippen molar-refractivity contribution in [3.8, 4) is 11.5 Å². The maximum atomic E-state index is 12.0. The Hall–Kier alpha value is -3.28. The molecule has 0 bridgehead atoms. The van der Waals surface area contributed by atoms with E-state index in [1.165, 1.54) is 6.42 Å². The van der Waals surface area contributed by atoms with Gasteiger partial charge in [-0.15, -0.1) is 0 Å². The van der Waals surface area contributed by atoms with Gasteiger partial charge in [0.1, 0.15) is 22.6 Å². The van der Waals surface area contributed by atoms with Crippen LogP contribution in [0, 0.1) is 0 Å². The number of amides is 1. The van der Waals surface area contributed by atoms with Gasteiger partial charge in [0.15, 0.2) is 0 Å². The third-order valence-electron chi connectivity index (χ3n) is 4.80. The number of carbonyl (C=O) groups is 1. The first kappa shape index (κ1) is 20.5. The quantitative estimate of drug-likeness (QED) is 0.546. The van der Waals surface area contributed by atoms with Gasteiger partial charge in [-0.2, -0.15) is 0 Å². The molecule has 0 aliphatic rings. The van der Waals surface area contributed by atoms with Crippen LogP contribution in [0.15, 0.2) is 51.9 Å². The van der Waals surface area contributed by atoms with Crippen molar-refractivity contribution >= 4 is 22.6 Å². The van der Waals surface area contributed by atoms with Gasteiger partial charge >= 0.3 is 0 Å². The van der Waals surface area contributed by atoms with Crippen molar-refractivity contribution in [1.29, 1.82) is 0 Å². The highest BCUT2D eigenvalue weighted by Gasteiger charge is 2.12. The minimum atomic E-state index is -0.630. The van der Waals surface area contributed by atoms with Crippen molar-refractivity contribution in [3.63, 3.8) is 0 Å². The summed E-state index contributed by atoms with van der Waals surface area (Å²) in [5.74, 6) is 0.185. The second-order valence-electron chi connectivity index (χ2n) is 6.97. The van der Waals surface area contributed by atoms with Crippen LogP contribution < -0.4 is 16.0 Å². The maximum Gasteiger partial charge on any atom is 0.254 e. The Labute approximate surface area is 169 Å². The van der Waals surface area contributed by atoms with Crippen LogP contribution in [0.4, 0.5) is 5.69 Å². The Morgan fingerprint density at radius 3 is 2.72 bits per heavy atom. The number of phenols is 1. The van der Waals surface area contributed by atoms with E-state index >= 15 is 0 Å². The van der Waals surface area contributed by atoms with Crippen molar-refractivity contribution in [1.82, 2.24) is 0 Å². The fourth-order valence-corrected chi connectivity index (χ4v) is 3.21. The van der Waals surface area contributed by atoms with Crippen LogP contribution in [0.25, 0.3) is 11.0 Å². The van der Waals surface area contributed by atoms with Gasteiger partial charge in [0.05, 0.1) is 12.8 Å². The number of carbonyl (C=O) groups excluding carboxylic acids is 1. The van der Waals surface area contributed by atoms with Gasteiger partial charge < -0.3 is 20.0 Å². The Morgan fingerprint density at radius 2 is 2.00 bits per heavy atom. The van der Waals surface area contributed by atoms with Gasteiger partial charge in [0, 0.05) is 17.5 Å². The lowest BCUT2D eigenvalue weighted by molar-refractivity contribution is 0.0996. The number of hydrogen-bond acceptors (Lipinski definition) is 5. The van der Waals surface area contributed by atoms with Crippen LogP contribution in [-0.2, 0) is 6.42 Å². The Morgan fingerprint density at radius 1 is 1.17 bits per heavy atom. The summed E-state index contributed by atoms with van der Waals surface area (Å²) < 4.78 is 11.0. The van der Waals surface area contributed by atoms with Crippen LogP contribution in [0.1, 0.15) is 48.5 Å². The number of nitrogens with two attached hydrogens (primary N) is 1. The molecule has 0 unspecified atom stereocenters. The summed E-state index contributed by atoms with van der Waals surface area (Å²) in [6, 6.07) is 12.2. The van der Waals surface area contributed by atoms with Gasteiger partial charge in [0.2, 0.25) is 5.55 Å². The fraction of sp³-hybridized carbons (Fsp3) is 0.304. The van der Waals surface area contributed by atoms with E-state index in [9.17, 15) is 9.90 Å². The van der Waals surface area contributed by atoms with Crippen LogP contribution in [0.5, 0.6) is 11.5 Å². The van der Waals surface area contributed by atoms with Crippen LogP contribution in [0.2, 0.25) is 0 Å². The largest absolute Gasteiger partial charge is 0.508 e. The van der Waals surface area contributed by atoms with Crippen molar-refractivity contribution in [2.24, 2.45) is 10.7 Å². The number of ether oxygens (including phenoxy) is 1. The molecule has 0 atom stereocenters. The maximum absolute atomic E-state index is 12.0. The molecule has 3 N–H and O–H groups in total. The molecule has 0 saturated heterocycles. The molecule has 1 aromatic heterocycles. The summed E-state index contributed by atoms with van der Waals surface area (Å²) in [5.41, 5.74) is 7.67. The summed E-state index contributed by atoms with van der Waals surface area (Å²) >= 11 is 0. The lowest BCUT2D eigenvalue weighted by Crippen LogP contribution is -2.21. The molecule has 29 heavy (non-hydrogen) atoms. The molecule has 2 aromatic carbocycles. The molecule has 3 aromatic rings. The molecule has 0 spiro atoms. The number of aromatic hydroxyl groups is 1. The van der Waals surface area contributed by atoms with Crippen LogP contribution in [0.3, 0.4) is 0 Å². The number of benzene rings is 2. The predicted octanol–water partition coefficient (Wildman–Crippen LogP) is 4.60. The highest BCUT2D eigenvalue weighted by molar-refractivity contribution is 5.95. The third kappa shape index (κ3) is 4.96. The third-order valence-corrected chi connectivity index (χ3v) is 4.80. The van der Waals surface area contributed by atoms with Crippen molar-refractivity contribution in [2.75, 3.05) is 7.11 Å². The number of rotatable bonds is 8. The number of primary amides is 1. The number of methoxy groups -OCH3 is 1. The monoisotopic (exact) mass is 394 g/mol. The van der Waals surface area contributed by atoms with E-state index in [1.807, 2.05) is 6.07 Å². The summed E-state index contributed by atoms with van der Waals surface area (Å²) in [4.78, 5) is 16.4. The number of aryl methyl sites for hydroxylation is 1. The normalized spacial score (nSPS) is 11.7. The lowest BCUT2D eigenvalue weighted by atomic mass is 10.0. The van der Waals surface area contributed by atoms with Gasteiger partial charge in [-0.05, 0) is 42.7 Å². The zero-order chi connectivity index (χ0) is 20.8. The van der Waals surface area contributed by atoms with Crippen molar-refractivity contribution < 1.29 is 19.1 Å². The lowest BCUT2D eigenvalue weighted by Gasteiger charge is -2.08. The van der Waals surface area contributed by atoms with E-state index in [0.29, 0.717) is 22.4 Å². The highest BCUT2D eigenvalue weighted by Crippen LogP contribution is 2.27. The SMILES string of the molecule is CCCCCCc1cc2cc(C(N)=O)c(=Nc3cccc(OC)c3)oc2cc1O. The Bertz CT molecular complexity index is 1090. The molecule has 152 valence electrons. The number of unbranched alkanes of at least 4 members (excludes halogenated alkanes) is 3. The summed E-state index contributed by atoms with van der Waals surface area (Å²) in [7, 11) is 1.57. The standard InChI is InChI=1S/C23H26N2O4/c1-3-4-5-6-8-15-11-16-12-19(22(24)27)23(29-21(16)14-20(15)26)25-17-9-7-10-18(13-17)28-2/h7,9-14,26H,3-6,8H2,1-2H3,(H2,24,27). The molecule has 0 saturated carbocycles. The molecule has 1 heterocycles. The van der Waals surface area contributed by atoms with Gasteiger partial charge in [-0.25, -0.2) is 4.99 Å². The number of hydrogen-bond donors (Lipinski definition) is 2. The second-order valence-corrected chi connectivity index (χ2v) is 6.97. The minimum Gasteiger partial charge on any atom is -0.508 e. The first-order valence-corrected chi connectivity index (χ1v) is 9.80. The van der Waals surface area contributed by atoms with E-state index in [-0.39, 0.29) is 16.9 Å². The van der Waals surface area contributed by atoms with Gasteiger partial charge in [-0.1, -0.05) is 32.3 Å². The summed E-state index contributed by atoms with van der Waals surface area (Å²) in [6.45, 7) is 2.16. The molecule has 3 rings (SSSR count). The van der Waals surface area contributed by atoms with Crippen LogP contribution in [-0.4, -0.2) is 18.1 Å². The Balaban J connectivity index is 2.06. The van der Waals surface area contributed by atoms with E-state index in [1.54, 1.807) is 43.5 Å². The van der Waals surface area contributed by atoms with Crippen molar-refractivity contribution in [2.45, 2.75) is 39.0 Å². The predicted molar refractivity (Wildman–Crippen MR) is 112 cm³/mol. The zero-order valence-electron chi connectivity index (χ0n) is 16.8. The van der Waals surface area contributed by atoms with E-state index in [2.05, 4.69) is 11.9 Å². The topological polar surface area (TPSA) is 98.1 Å². The highest BCUT2D eigenvalue weighted by atomic mass is 16.5. The Kier molecular flexibility index (Phi) is 6.54. The minimum absolute atomic E-state index is 0.0911. The summed E-state index contributed by atoms with van der Waals surface area (Å²) in [5, 5.41) is 11.1. The van der Waals surface area contributed by atoms with Crippen LogP contribution >= 0.6 is 0 Å². The number of fused-ring (bicyclic) bond motifs is 1. The van der Waals surface area contributed by atoms with Crippen molar-refractivity contribution in [3.05, 3.63) is 59.1 Å². The first-order valence-electron chi connectivity index (χ1n) is 9.80. The fourth-order valence-electron chi connectivity index (χ4n) is 3.21. The average Bonchev–Trinajstić information content (AvgIpc) is 2.71. The van der Waals surface area contributed by atoms with Gasteiger partial charge in [0.25, 0.3) is 5.91 Å².